The van der Waals surface area contributed by atoms with E-state index in [9.17, 15) is 4.79 Å². The molecule has 5 heteroatoms. The highest BCUT2D eigenvalue weighted by atomic mass is 79.9. The predicted molar refractivity (Wildman–Crippen MR) is 82.7 cm³/mol. The fourth-order valence-corrected chi connectivity index (χ4v) is 2.10. The van der Waals surface area contributed by atoms with Gasteiger partial charge in [-0.1, -0.05) is 17.7 Å². The Bertz CT molecular complexity index is 643. The second-order valence-corrected chi connectivity index (χ2v) is 5.42. The SMILES string of the molecule is Cc1ccc(N)cc1NC(=O)c1ccc(Cl)c(Br)c1. The minimum Gasteiger partial charge on any atom is -0.399 e. The van der Waals surface area contributed by atoms with Gasteiger partial charge in [0, 0.05) is 21.4 Å². The molecule has 3 nitrogen and oxygen atoms in total. The van der Waals surface area contributed by atoms with Crippen molar-refractivity contribution in [3.63, 3.8) is 0 Å². The van der Waals surface area contributed by atoms with Crippen LogP contribution in [0.25, 0.3) is 0 Å². The number of anilines is 2. The van der Waals surface area contributed by atoms with Crippen LogP contribution in [-0.2, 0) is 0 Å². The van der Waals surface area contributed by atoms with Gasteiger partial charge < -0.3 is 11.1 Å². The number of hydrogen-bond acceptors (Lipinski definition) is 2. The van der Waals surface area contributed by atoms with E-state index in [2.05, 4.69) is 21.2 Å². The fraction of sp³-hybridized carbons (Fsp3) is 0.0714. The maximum atomic E-state index is 12.1. The zero-order valence-corrected chi connectivity index (χ0v) is 12.5. The minimum absolute atomic E-state index is 0.203. The van der Waals surface area contributed by atoms with Gasteiger partial charge in [0.05, 0.1) is 5.02 Å². The number of benzene rings is 2. The van der Waals surface area contributed by atoms with Crippen LogP contribution in [0, 0.1) is 6.92 Å². The van der Waals surface area contributed by atoms with Crippen LogP contribution in [0.4, 0.5) is 11.4 Å². The smallest absolute Gasteiger partial charge is 0.255 e. The minimum atomic E-state index is -0.203. The van der Waals surface area contributed by atoms with Gasteiger partial charge in [0.15, 0.2) is 0 Å². The molecule has 0 bridgehead atoms. The maximum Gasteiger partial charge on any atom is 0.255 e. The normalized spacial score (nSPS) is 10.3. The highest BCUT2D eigenvalue weighted by molar-refractivity contribution is 9.10. The van der Waals surface area contributed by atoms with E-state index in [0.29, 0.717) is 26.4 Å². The van der Waals surface area contributed by atoms with E-state index in [1.807, 2.05) is 13.0 Å². The number of nitrogen functional groups attached to an aromatic ring is 1. The number of halogens is 2. The van der Waals surface area contributed by atoms with Crippen LogP contribution >= 0.6 is 27.5 Å². The standard InChI is InChI=1S/C14H12BrClN2O/c1-8-2-4-10(17)7-13(8)18-14(19)9-3-5-12(16)11(15)6-9/h2-7H,17H2,1H3,(H,18,19). The van der Waals surface area contributed by atoms with Crippen LogP contribution in [0.1, 0.15) is 15.9 Å². The third kappa shape index (κ3) is 3.28. The van der Waals surface area contributed by atoms with Crippen molar-refractivity contribution in [3.8, 4) is 0 Å². The van der Waals surface area contributed by atoms with Crippen molar-refractivity contribution in [2.24, 2.45) is 0 Å². The summed E-state index contributed by atoms with van der Waals surface area (Å²) < 4.78 is 0.686. The van der Waals surface area contributed by atoms with Crippen molar-refractivity contribution in [1.29, 1.82) is 0 Å². The first-order chi connectivity index (χ1) is 8.97. The van der Waals surface area contributed by atoms with Crippen molar-refractivity contribution < 1.29 is 4.79 Å². The van der Waals surface area contributed by atoms with E-state index in [-0.39, 0.29) is 5.91 Å². The summed E-state index contributed by atoms with van der Waals surface area (Å²) in [6.07, 6.45) is 0. The molecular weight excluding hydrogens is 328 g/mol. The number of rotatable bonds is 2. The quantitative estimate of drug-likeness (QED) is 0.804. The molecule has 0 saturated heterocycles. The molecule has 19 heavy (non-hydrogen) atoms. The largest absolute Gasteiger partial charge is 0.399 e. The van der Waals surface area contributed by atoms with E-state index in [0.717, 1.165) is 5.56 Å². The van der Waals surface area contributed by atoms with Gasteiger partial charge in [-0.25, -0.2) is 0 Å². The van der Waals surface area contributed by atoms with Crippen LogP contribution in [0.2, 0.25) is 5.02 Å². The summed E-state index contributed by atoms with van der Waals surface area (Å²) in [5.41, 5.74) is 8.50. The third-order valence-electron chi connectivity index (χ3n) is 2.69. The van der Waals surface area contributed by atoms with Crippen molar-refractivity contribution >= 4 is 44.8 Å². The van der Waals surface area contributed by atoms with Crippen molar-refractivity contribution in [2.45, 2.75) is 6.92 Å². The van der Waals surface area contributed by atoms with Gasteiger partial charge in [0.25, 0.3) is 5.91 Å². The van der Waals surface area contributed by atoms with Gasteiger partial charge in [-0.3, -0.25) is 4.79 Å². The molecule has 1 amide bonds. The van der Waals surface area contributed by atoms with Crippen molar-refractivity contribution in [2.75, 3.05) is 11.1 Å². The lowest BCUT2D eigenvalue weighted by Gasteiger charge is -2.09. The average molecular weight is 340 g/mol. The molecule has 0 unspecified atom stereocenters. The van der Waals surface area contributed by atoms with E-state index in [1.165, 1.54) is 0 Å². The van der Waals surface area contributed by atoms with E-state index in [1.54, 1.807) is 30.3 Å². The van der Waals surface area contributed by atoms with Gasteiger partial charge in [-0.05, 0) is 58.7 Å². The van der Waals surface area contributed by atoms with E-state index >= 15 is 0 Å². The van der Waals surface area contributed by atoms with Crippen LogP contribution in [0.3, 0.4) is 0 Å². The fourth-order valence-electron chi connectivity index (χ4n) is 1.61. The molecular formula is C14H12BrClN2O. The zero-order valence-electron chi connectivity index (χ0n) is 10.2. The third-order valence-corrected chi connectivity index (χ3v) is 3.91. The van der Waals surface area contributed by atoms with Crippen molar-refractivity contribution in [3.05, 3.63) is 57.0 Å². The number of carbonyl (C=O) groups excluding carboxylic acids is 1. The average Bonchev–Trinajstić information content (AvgIpc) is 2.37. The predicted octanol–water partition coefficient (Wildman–Crippen LogP) is 4.25. The second kappa shape index (κ2) is 5.63. The number of amides is 1. The summed E-state index contributed by atoms with van der Waals surface area (Å²) in [5, 5.41) is 3.40. The Morgan fingerprint density at radius 2 is 2.00 bits per heavy atom. The summed E-state index contributed by atoms with van der Waals surface area (Å²) in [5.74, 6) is -0.203. The summed E-state index contributed by atoms with van der Waals surface area (Å²) in [6.45, 7) is 1.91. The Balaban J connectivity index is 2.25. The molecule has 3 N–H and O–H groups in total. The molecule has 0 aliphatic carbocycles. The van der Waals surface area contributed by atoms with Crippen LogP contribution in [-0.4, -0.2) is 5.91 Å². The molecule has 0 atom stereocenters. The molecule has 0 aliphatic rings. The molecule has 0 aromatic heterocycles. The van der Waals surface area contributed by atoms with Crippen LogP contribution < -0.4 is 11.1 Å². The van der Waals surface area contributed by atoms with E-state index < -0.39 is 0 Å². The second-order valence-electron chi connectivity index (χ2n) is 4.16. The monoisotopic (exact) mass is 338 g/mol. The Hall–Kier alpha value is -1.52. The van der Waals surface area contributed by atoms with Gasteiger partial charge >= 0.3 is 0 Å². The molecule has 0 heterocycles. The molecule has 2 rings (SSSR count). The molecule has 0 spiro atoms. The lowest BCUT2D eigenvalue weighted by atomic mass is 10.1. The highest BCUT2D eigenvalue weighted by Crippen LogP contribution is 2.24. The first-order valence-corrected chi connectivity index (χ1v) is 6.77. The number of nitrogens with one attached hydrogen (secondary N) is 1. The van der Waals surface area contributed by atoms with Crippen molar-refractivity contribution in [1.82, 2.24) is 0 Å². The molecule has 2 aromatic rings. The van der Waals surface area contributed by atoms with Gasteiger partial charge in [-0.2, -0.15) is 0 Å². The summed E-state index contributed by atoms with van der Waals surface area (Å²) in [6, 6.07) is 10.4. The topological polar surface area (TPSA) is 55.1 Å². The molecule has 0 radical (unpaired) electrons. The van der Waals surface area contributed by atoms with Gasteiger partial charge in [-0.15, -0.1) is 0 Å². The van der Waals surface area contributed by atoms with E-state index in [4.69, 9.17) is 17.3 Å². The first kappa shape index (κ1) is 13.9. The van der Waals surface area contributed by atoms with Crippen LogP contribution in [0.15, 0.2) is 40.9 Å². The van der Waals surface area contributed by atoms with Gasteiger partial charge in [0.1, 0.15) is 0 Å². The summed E-state index contributed by atoms with van der Waals surface area (Å²) in [4.78, 5) is 12.1. The molecule has 98 valence electrons. The molecule has 0 aliphatic heterocycles. The Labute approximate surface area is 124 Å². The highest BCUT2D eigenvalue weighted by Gasteiger charge is 2.09. The molecule has 0 fully saturated rings. The Morgan fingerprint density at radius 3 is 2.68 bits per heavy atom. The Morgan fingerprint density at radius 1 is 1.26 bits per heavy atom. The number of carbonyl (C=O) groups is 1. The number of nitrogens with two attached hydrogens (primary N) is 1. The molecule has 2 aromatic carbocycles. The number of aryl methyl sites for hydroxylation is 1. The molecule has 0 saturated carbocycles. The summed E-state index contributed by atoms with van der Waals surface area (Å²) >= 11 is 9.19. The lowest BCUT2D eigenvalue weighted by Crippen LogP contribution is -2.13. The Kier molecular flexibility index (Phi) is 4.12. The number of hydrogen-bond donors (Lipinski definition) is 2. The maximum absolute atomic E-state index is 12.1. The first-order valence-electron chi connectivity index (χ1n) is 5.60. The zero-order chi connectivity index (χ0) is 14.0. The van der Waals surface area contributed by atoms with Crippen LogP contribution in [0.5, 0.6) is 0 Å². The lowest BCUT2D eigenvalue weighted by molar-refractivity contribution is 0.102. The summed E-state index contributed by atoms with van der Waals surface area (Å²) in [7, 11) is 0. The van der Waals surface area contributed by atoms with Gasteiger partial charge in [0.2, 0.25) is 0 Å².